The standard InChI is InChI=1S/2BHO4.3Ra/c2*2-1(3)5-4;;;/h2*4H;;;/q2*-2;3*+2/p-2. The van der Waals surface area contributed by atoms with Crippen LogP contribution in [0.15, 0.2) is 0 Å². The Kier molecular flexibility index (Phi) is 58.7. The first-order valence-electron chi connectivity index (χ1n) is 1.75. The summed E-state index contributed by atoms with van der Waals surface area (Å²) in [6.07, 6.45) is 0. The van der Waals surface area contributed by atoms with E-state index in [1.54, 1.807) is 0 Å². The second kappa shape index (κ2) is 25.2. The molecule has 0 spiro atoms. The second-order valence-corrected chi connectivity index (χ2v) is 0.770. The van der Waals surface area contributed by atoms with Gasteiger partial charge in [0.1, 0.15) is 0 Å². The van der Waals surface area contributed by atoms with Crippen LogP contribution in [0.25, 0.3) is 0 Å². The molecular weight excluding hydrogens is 828 g/mol. The minimum atomic E-state index is -2.67. The first kappa shape index (κ1) is 30.3. The average molecular weight is 828 g/mol. The summed E-state index contributed by atoms with van der Waals surface area (Å²) in [7, 11) is -5.34. The van der Waals surface area contributed by atoms with Crippen LogP contribution in [0.5, 0.6) is 0 Å². The van der Waals surface area contributed by atoms with Gasteiger partial charge in [-0.25, -0.2) is 0 Å². The number of rotatable bonds is 2. The molecule has 0 aromatic heterocycles. The van der Waals surface area contributed by atoms with Crippen molar-refractivity contribution in [1.82, 2.24) is 0 Å². The number of hydrogen-bond acceptors (Lipinski definition) is 8. The van der Waals surface area contributed by atoms with E-state index in [0.717, 1.165) is 0 Å². The molecule has 0 heterocycles. The quantitative estimate of drug-likeness (QED) is 0.151. The molecule has 60 valence electrons. The Hall–Kier alpha value is 4.21. The van der Waals surface area contributed by atoms with Gasteiger partial charge in [0, 0.05) is 14.6 Å². The van der Waals surface area contributed by atoms with Gasteiger partial charge in [0.15, 0.2) is 0 Å². The molecular formula is B2O8Ra3. The van der Waals surface area contributed by atoms with Gasteiger partial charge >= 0.3 is 135 Å². The van der Waals surface area contributed by atoms with E-state index >= 15 is 0 Å². The topological polar surface area (TPSA) is 157 Å². The van der Waals surface area contributed by atoms with Crippen molar-refractivity contribution in [2.45, 2.75) is 0 Å². The summed E-state index contributed by atoms with van der Waals surface area (Å²) in [5, 5.41) is 52.2. The summed E-state index contributed by atoms with van der Waals surface area (Å²) < 4.78 is 0. The molecule has 0 saturated heterocycles. The summed E-state index contributed by atoms with van der Waals surface area (Å²) in [5.41, 5.74) is 0. The van der Waals surface area contributed by atoms with Gasteiger partial charge in [-0.1, -0.05) is 0 Å². The smallest absolute Gasteiger partial charge is 0.871 e. The fourth-order valence-corrected chi connectivity index (χ4v) is 0. The molecule has 13 heavy (non-hydrogen) atoms. The van der Waals surface area contributed by atoms with Crippen LogP contribution in [0, 0.1) is 135 Å². The third-order valence-corrected chi connectivity index (χ3v) is 0.157. The van der Waals surface area contributed by atoms with E-state index in [1.165, 1.54) is 0 Å². The maximum atomic E-state index is 8.81. The van der Waals surface area contributed by atoms with E-state index in [1.807, 2.05) is 0 Å². The molecule has 13 heteroatoms. The van der Waals surface area contributed by atoms with Gasteiger partial charge in [0.05, 0.1) is 0 Å². The first-order chi connectivity index (χ1) is 4.54. The monoisotopic (exact) mass is 828 g/mol. The van der Waals surface area contributed by atoms with Crippen molar-refractivity contribution in [2.24, 2.45) is 0 Å². The minimum absolute atomic E-state index is 0. The number of hydrogen-bond donors (Lipinski definition) is 0. The maximum Gasteiger partial charge on any atom is 2.00 e. The fourth-order valence-electron chi connectivity index (χ4n) is 0. The Morgan fingerprint density at radius 1 is 0.615 bits per heavy atom. The van der Waals surface area contributed by atoms with E-state index in [-0.39, 0.29) is 135 Å². The summed E-state index contributed by atoms with van der Waals surface area (Å²) in [4.78, 5) is 4.78. The SMILES string of the molecule is [O-]OB([O-])[O-].[O-]OB([O-])[O-].[Ra+2].[Ra+2].[Ra+2]. The van der Waals surface area contributed by atoms with Crippen LogP contribution in [0.2, 0.25) is 0 Å². The van der Waals surface area contributed by atoms with E-state index in [4.69, 9.17) is 30.6 Å². The van der Waals surface area contributed by atoms with Crippen LogP contribution in [0.1, 0.15) is 0 Å². The van der Waals surface area contributed by atoms with Crippen molar-refractivity contribution in [1.29, 1.82) is 0 Å². The van der Waals surface area contributed by atoms with Crippen molar-refractivity contribution in [3.63, 3.8) is 0 Å². The molecule has 0 N–H and O–H groups in total. The molecule has 0 amide bonds. The summed E-state index contributed by atoms with van der Waals surface area (Å²) in [5.74, 6) is 0. The largest absolute Gasteiger partial charge is 2.00 e. The zero-order chi connectivity index (χ0) is 8.57. The third kappa shape index (κ3) is 48.6. The van der Waals surface area contributed by atoms with Crippen molar-refractivity contribution >= 4 is 14.6 Å². The average Bonchev–Trinajstić information content (AvgIpc) is 1.89. The molecule has 0 bridgehead atoms. The van der Waals surface area contributed by atoms with Crippen LogP contribution in [0.4, 0.5) is 0 Å². The Morgan fingerprint density at radius 2 is 0.692 bits per heavy atom. The van der Waals surface area contributed by atoms with Gasteiger partial charge in [0.25, 0.3) is 0 Å². The molecule has 0 aromatic carbocycles. The molecule has 0 radical (unpaired) electrons. The minimum Gasteiger partial charge on any atom is -0.871 e. The summed E-state index contributed by atoms with van der Waals surface area (Å²) in [6.45, 7) is 0. The maximum absolute atomic E-state index is 8.81. The molecule has 0 fully saturated rings. The predicted molar refractivity (Wildman–Crippen MR) is 13.7 cm³/mol. The van der Waals surface area contributed by atoms with Crippen LogP contribution in [-0.2, 0) is 9.61 Å². The van der Waals surface area contributed by atoms with Crippen LogP contribution >= 0.6 is 0 Å². The van der Waals surface area contributed by atoms with Crippen LogP contribution in [-0.4, -0.2) is 14.6 Å². The Balaban J connectivity index is -0.0000000267. The van der Waals surface area contributed by atoms with Gasteiger partial charge in [-0.15, -0.1) is 0 Å². The van der Waals surface area contributed by atoms with Gasteiger partial charge < -0.3 is 40.2 Å². The van der Waals surface area contributed by atoms with Crippen molar-refractivity contribution < 1.29 is 175 Å². The molecule has 8 nitrogen and oxygen atoms in total. The Bertz CT molecular complexity index is 53.4. The van der Waals surface area contributed by atoms with E-state index < -0.39 is 14.6 Å². The first-order valence-corrected chi connectivity index (χ1v) is 1.75. The zero-order valence-corrected chi connectivity index (χ0v) is 24.0. The van der Waals surface area contributed by atoms with Crippen molar-refractivity contribution in [2.75, 3.05) is 0 Å². The van der Waals surface area contributed by atoms with Crippen molar-refractivity contribution in [3.8, 4) is 0 Å². The second-order valence-electron chi connectivity index (χ2n) is 0.770. The molecule has 0 aliphatic heterocycles. The van der Waals surface area contributed by atoms with E-state index in [0.29, 0.717) is 0 Å². The predicted octanol–water partition coefficient (Wildman–Crippen LogP) is -8.03. The van der Waals surface area contributed by atoms with Crippen LogP contribution in [0.3, 0.4) is 0 Å². The van der Waals surface area contributed by atoms with E-state index in [2.05, 4.69) is 9.61 Å². The summed E-state index contributed by atoms with van der Waals surface area (Å²) in [6, 6.07) is 0. The van der Waals surface area contributed by atoms with E-state index in [9.17, 15) is 0 Å². The molecule has 0 unspecified atom stereocenters. The van der Waals surface area contributed by atoms with Gasteiger partial charge in [-0.2, -0.15) is 0 Å². The summed E-state index contributed by atoms with van der Waals surface area (Å²) >= 11 is 0. The molecule has 0 aliphatic rings. The fraction of sp³-hybridized carbons (Fsp3) is 0. The van der Waals surface area contributed by atoms with Gasteiger partial charge in [0.2, 0.25) is 0 Å². The van der Waals surface area contributed by atoms with Gasteiger partial charge in [-0.3, -0.25) is 0 Å². The Morgan fingerprint density at radius 3 is 0.692 bits per heavy atom. The van der Waals surface area contributed by atoms with Gasteiger partial charge in [-0.05, 0) is 0 Å². The normalized spacial score (nSPS) is 6.00. The Labute approximate surface area is 185 Å². The molecule has 0 saturated carbocycles. The van der Waals surface area contributed by atoms with Crippen molar-refractivity contribution in [3.05, 3.63) is 0 Å². The molecule has 0 aliphatic carbocycles. The van der Waals surface area contributed by atoms with Crippen LogP contribution < -0.4 is 30.6 Å². The zero-order valence-electron chi connectivity index (χ0n) is 6.54. The molecule has 0 aromatic rings. The molecule has 0 atom stereocenters. The molecule has 0 rings (SSSR count). The third-order valence-electron chi connectivity index (χ3n) is 0.157.